The molecule has 8 heteroatoms. The van der Waals surface area contributed by atoms with Crippen molar-refractivity contribution in [1.82, 2.24) is 5.43 Å². The summed E-state index contributed by atoms with van der Waals surface area (Å²) in [6, 6.07) is 7.04. The van der Waals surface area contributed by atoms with E-state index in [-0.39, 0.29) is 17.7 Å². The summed E-state index contributed by atoms with van der Waals surface area (Å²) in [7, 11) is 0. The monoisotopic (exact) mass is 343 g/mol. The number of alkyl halides is 2. The highest BCUT2D eigenvalue weighted by Gasteiger charge is 2.21. The summed E-state index contributed by atoms with van der Waals surface area (Å²) in [6.45, 7) is 1.94. The van der Waals surface area contributed by atoms with Crippen LogP contribution in [0, 0.1) is 5.92 Å². The Balaban J connectivity index is 2.01. The summed E-state index contributed by atoms with van der Waals surface area (Å²) in [5.41, 5.74) is 3.83. The van der Waals surface area contributed by atoms with E-state index in [0.29, 0.717) is 12.1 Å². The maximum absolute atomic E-state index is 11.5. The number of ether oxygens (including phenoxy) is 1. The second-order valence-electron chi connectivity index (χ2n) is 4.81. The highest BCUT2D eigenvalue weighted by atomic mass is 35.5. The van der Waals surface area contributed by atoms with Crippen molar-refractivity contribution in [3.8, 4) is 0 Å². The van der Waals surface area contributed by atoms with Crippen LogP contribution in [0.1, 0.15) is 18.9 Å². The molecule has 1 aromatic carbocycles. The van der Waals surface area contributed by atoms with Gasteiger partial charge in [0.25, 0.3) is 0 Å². The highest BCUT2D eigenvalue weighted by Crippen LogP contribution is 2.18. The summed E-state index contributed by atoms with van der Waals surface area (Å²) >= 11 is 11.1. The standard InChI is InChI=1S/C14H15Cl2N3O3/c1-8-6-12(20)18-19-13(8)9-2-4-10(5-3-9)17-14(21)22-11(16)7-15/h2-5,8,11H,6-7H2,1H3,(H,17,21)(H,18,20). The van der Waals surface area contributed by atoms with Gasteiger partial charge in [0.1, 0.15) is 0 Å². The molecule has 2 amide bonds. The van der Waals surface area contributed by atoms with Crippen LogP contribution < -0.4 is 10.7 Å². The quantitative estimate of drug-likeness (QED) is 0.825. The molecule has 0 spiro atoms. The molecule has 0 aromatic heterocycles. The largest absolute Gasteiger partial charge is 0.428 e. The molecular weight excluding hydrogens is 329 g/mol. The minimum absolute atomic E-state index is 0.0113. The van der Waals surface area contributed by atoms with Crippen LogP contribution in [0.2, 0.25) is 0 Å². The van der Waals surface area contributed by atoms with Gasteiger partial charge in [0.2, 0.25) is 5.91 Å². The molecule has 0 aliphatic carbocycles. The molecule has 118 valence electrons. The van der Waals surface area contributed by atoms with Gasteiger partial charge in [-0.1, -0.05) is 30.7 Å². The molecule has 1 aliphatic rings. The van der Waals surface area contributed by atoms with E-state index in [2.05, 4.69) is 15.8 Å². The number of hydrazone groups is 1. The predicted molar refractivity (Wildman–Crippen MR) is 85.4 cm³/mol. The van der Waals surface area contributed by atoms with E-state index in [1.807, 2.05) is 19.1 Å². The fourth-order valence-electron chi connectivity index (χ4n) is 2.02. The Morgan fingerprint density at radius 1 is 1.50 bits per heavy atom. The van der Waals surface area contributed by atoms with Crippen molar-refractivity contribution in [3.05, 3.63) is 29.8 Å². The normalized spacial score (nSPS) is 19.0. The van der Waals surface area contributed by atoms with Crippen molar-refractivity contribution in [2.45, 2.75) is 18.9 Å². The number of halogens is 2. The van der Waals surface area contributed by atoms with Crippen LogP contribution in [0.15, 0.2) is 29.4 Å². The maximum Gasteiger partial charge on any atom is 0.413 e. The molecular formula is C14H15Cl2N3O3. The minimum Gasteiger partial charge on any atom is -0.428 e. The SMILES string of the molecule is CC1CC(=O)NN=C1c1ccc(NC(=O)OC(Cl)CCl)cc1. The van der Waals surface area contributed by atoms with Gasteiger partial charge >= 0.3 is 6.09 Å². The van der Waals surface area contributed by atoms with E-state index in [1.54, 1.807) is 12.1 Å². The Labute approximate surface area is 137 Å². The van der Waals surface area contributed by atoms with Crippen molar-refractivity contribution in [2.24, 2.45) is 11.0 Å². The first-order valence-corrected chi connectivity index (χ1v) is 7.61. The molecule has 2 atom stereocenters. The Hall–Kier alpha value is -1.79. The van der Waals surface area contributed by atoms with E-state index >= 15 is 0 Å². The molecule has 0 saturated heterocycles. The molecule has 0 fully saturated rings. The first-order valence-electron chi connectivity index (χ1n) is 6.64. The van der Waals surface area contributed by atoms with Crippen molar-refractivity contribution >= 4 is 46.6 Å². The Bertz CT molecular complexity index is 590. The van der Waals surface area contributed by atoms with Gasteiger partial charge < -0.3 is 4.74 Å². The lowest BCUT2D eigenvalue weighted by atomic mass is 9.94. The lowest BCUT2D eigenvalue weighted by Gasteiger charge is -2.19. The van der Waals surface area contributed by atoms with Gasteiger partial charge in [0, 0.05) is 18.0 Å². The van der Waals surface area contributed by atoms with Gasteiger partial charge in [-0.25, -0.2) is 10.2 Å². The zero-order chi connectivity index (χ0) is 16.1. The Morgan fingerprint density at radius 3 is 2.77 bits per heavy atom. The van der Waals surface area contributed by atoms with Gasteiger partial charge in [-0.2, -0.15) is 5.10 Å². The fourth-order valence-corrected chi connectivity index (χ4v) is 2.17. The van der Waals surface area contributed by atoms with Crippen molar-refractivity contribution in [1.29, 1.82) is 0 Å². The number of nitrogens with zero attached hydrogens (tertiary/aromatic N) is 1. The molecule has 2 rings (SSSR count). The number of rotatable bonds is 4. The summed E-state index contributed by atoms with van der Waals surface area (Å²) in [4.78, 5) is 22.7. The number of hydrogen-bond donors (Lipinski definition) is 2. The zero-order valence-corrected chi connectivity index (χ0v) is 13.3. The second kappa shape index (κ2) is 7.47. The van der Waals surface area contributed by atoms with Gasteiger partial charge in [-0.05, 0) is 17.7 Å². The lowest BCUT2D eigenvalue weighted by molar-refractivity contribution is -0.121. The smallest absolute Gasteiger partial charge is 0.413 e. The predicted octanol–water partition coefficient (Wildman–Crippen LogP) is 2.90. The number of nitrogens with one attached hydrogen (secondary N) is 2. The Kier molecular flexibility index (Phi) is 5.63. The molecule has 0 bridgehead atoms. The summed E-state index contributed by atoms with van der Waals surface area (Å²) < 4.78 is 4.79. The van der Waals surface area contributed by atoms with Crippen molar-refractivity contribution < 1.29 is 14.3 Å². The first-order chi connectivity index (χ1) is 10.5. The van der Waals surface area contributed by atoms with E-state index in [9.17, 15) is 9.59 Å². The molecule has 0 radical (unpaired) electrons. The number of anilines is 1. The molecule has 2 N–H and O–H groups in total. The van der Waals surface area contributed by atoms with Crippen molar-refractivity contribution in [2.75, 3.05) is 11.2 Å². The van der Waals surface area contributed by atoms with Crippen LogP contribution in [-0.2, 0) is 9.53 Å². The first kappa shape index (κ1) is 16.6. The van der Waals surface area contributed by atoms with E-state index in [0.717, 1.165) is 11.3 Å². The van der Waals surface area contributed by atoms with Crippen LogP contribution >= 0.6 is 23.2 Å². The van der Waals surface area contributed by atoms with Crippen molar-refractivity contribution in [3.63, 3.8) is 0 Å². The summed E-state index contributed by atoms with van der Waals surface area (Å²) in [6.07, 6.45) is -0.273. The number of benzene rings is 1. The number of carbonyl (C=O) groups is 2. The zero-order valence-electron chi connectivity index (χ0n) is 11.8. The highest BCUT2D eigenvalue weighted by molar-refractivity contribution is 6.27. The van der Waals surface area contributed by atoms with E-state index in [1.165, 1.54) is 0 Å². The third-order valence-corrected chi connectivity index (χ3v) is 3.72. The van der Waals surface area contributed by atoms with E-state index < -0.39 is 11.7 Å². The number of hydrogen-bond acceptors (Lipinski definition) is 4. The van der Waals surface area contributed by atoms with Gasteiger partial charge in [0.05, 0.1) is 11.6 Å². The number of carbonyl (C=O) groups excluding carboxylic acids is 2. The summed E-state index contributed by atoms with van der Waals surface area (Å²) in [5.74, 6) is -0.0392. The maximum atomic E-state index is 11.5. The Morgan fingerprint density at radius 2 is 2.18 bits per heavy atom. The average Bonchev–Trinajstić information content (AvgIpc) is 2.48. The van der Waals surface area contributed by atoms with Gasteiger partial charge in [0.15, 0.2) is 5.56 Å². The molecule has 0 saturated carbocycles. The van der Waals surface area contributed by atoms with Crippen LogP contribution in [0.4, 0.5) is 10.5 Å². The summed E-state index contributed by atoms with van der Waals surface area (Å²) in [5, 5.41) is 6.62. The third kappa shape index (κ3) is 4.35. The average molecular weight is 344 g/mol. The molecule has 6 nitrogen and oxygen atoms in total. The molecule has 22 heavy (non-hydrogen) atoms. The minimum atomic E-state index is -0.873. The van der Waals surface area contributed by atoms with Crippen LogP contribution in [0.25, 0.3) is 0 Å². The topological polar surface area (TPSA) is 79.8 Å². The van der Waals surface area contributed by atoms with Gasteiger partial charge in [-0.3, -0.25) is 10.1 Å². The lowest BCUT2D eigenvalue weighted by Crippen LogP contribution is -2.31. The van der Waals surface area contributed by atoms with Crippen LogP contribution in [0.3, 0.4) is 0 Å². The molecule has 1 heterocycles. The number of amides is 2. The second-order valence-corrected chi connectivity index (χ2v) is 5.60. The third-order valence-electron chi connectivity index (χ3n) is 3.04. The van der Waals surface area contributed by atoms with Gasteiger partial charge in [-0.15, -0.1) is 11.6 Å². The molecule has 2 unspecified atom stereocenters. The van der Waals surface area contributed by atoms with E-state index in [4.69, 9.17) is 27.9 Å². The molecule has 1 aromatic rings. The van der Waals surface area contributed by atoms with Crippen LogP contribution in [-0.4, -0.2) is 29.2 Å². The van der Waals surface area contributed by atoms with Crippen LogP contribution in [0.5, 0.6) is 0 Å². The fraction of sp³-hybridized carbons (Fsp3) is 0.357. The molecule has 1 aliphatic heterocycles.